The van der Waals surface area contributed by atoms with Crippen LogP contribution in [0.15, 0.2) is 65.1 Å². The van der Waals surface area contributed by atoms with Crippen molar-refractivity contribution < 1.29 is 18.4 Å². The van der Waals surface area contributed by atoms with Gasteiger partial charge in [-0.05, 0) is 98.2 Å². The Kier molecular flexibility index (Phi) is 5.91. The Morgan fingerprint density at radius 1 is 1.06 bits per heavy atom. The molecule has 36 heavy (non-hydrogen) atoms. The normalized spacial score (nSPS) is 13.7. The number of amides is 2. The maximum absolute atomic E-state index is 13.3. The summed E-state index contributed by atoms with van der Waals surface area (Å²) in [5.41, 5.74) is 10.5. The van der Waals surface area contributed by atoms with Crippen LogP contribution in [0.25, 0.3) is 22.1 Å². The number of rotatable bonds is 7. The van der Waals surface area contributed by atoms with Crippen molar-refractivity contribution >= 4 is 22.8 Å². The summed E-state index contributed by atoms with van der Waals surface area (Å²) in [5.74, 6) is -0.0581. The number of aryl methyl sites for hydroxylation is 1. The molecule has 1 aliphatic rings. The smallest absolute Gasteiger partial charge is 0.252 e. The highest BCUT2D eigenvalue weighted by Crippen LogP contribution is 2.39. The van der Waals surface area contributed by atoms with Crippen molar-refractivity contribution in [1.29, 1.82) is 0 Å². The van der Waals surface area contributed by atoms with E-state index in [0.717, 1.165) is 35.1 Å². The Morgan fingerprint density at radius 2 is 1.78 bits per heavy atom. The molecule has 0 bridgehead atoms. The SMILES string of the molecule is Cc1ccc(C(=O)NC(C)(C)C2CC2)cc1-c1ccc2oc(Cc3ccc(F)cc3)c(C(N)=O)c2c1. The van der Waals surface area contributed by atoms with Crippen molar-refractivity contribution in [2.45, 2.75) is 45.6 Å². The standard InChI is InChI=1S/C30H29FN2O3/c1-17-4-7-20(29(35)33-30(2,3)21-9-10-21)16-23(17)19-8-13-25-24(15-19)27(28(32)34)26(36-25)14-18-5-11-22(31)12-6-18/h4-8,11-13,15-16,21H,9-10,14H2,1-3H3,(H2,32,34)(H,33,35). The zero-order valence-electron chi connectivity index (χ0n) is 20.7. The van der Waals surface area contributed by atoms with E-state index in [1.165, 1.54) is 12.1 Å². The van der Waals surface area contributed by atoms with Gasteiger partial charge in [-0.3, -0.25) is 9.59 Å². The Labute approximate surface area is 209 Å². The van der Waals surface area contributed by atoms with Gasteiger partial charge in [-0.25, -0.2) is 4.39 Å². The van der Waals surface area contributed by atoms with Crippen molar-refractivity contribution in [2.24, 2.45) is 11.7 Å². The average molecular weight is 485 g/mol. The first-order valence-corrected chi connectivity index (χ1v) is 12.2. The van der Waals surface area contributed by atoms with Crippen molar-refractivity contribution in [1.82, 2.24) is 5.32 Å². The van der Waals surface area contributed by atoms with Crippen LogP contribution in [0.2, 0.25) is 0 Å². The molecule has 1 aliphatic carbocycles. The number of halogens is 1. The lowest BCUT2D eigenvalue weighted by atomic mass is 9.94. The number of furan rings is 1. The van der Waals surface area contributed by atoms with Crippen LogP contribution in [0, 0.1) is 18.7 Å². The van der Waals surface area contributed by atoms with Gasteiger partial charge in [-0.1, -0.05) is 24.3 Å². The summed E-state index contributed by atoms with van der Waals surface area (Å²) < 4.78 is 19.3. The molecule has 4 aromatic rings. The molecule has 5 rings (SSSR count). The fourth-order valence-corrected chi connectivity index (χ4v) is 4.84. The molecule has 2 amide bonds. The summed E-state index contributed by atoms with van der Waals surface area (Å²) >= 11 is 0. The van der Waals surface area contributed by atoms with E-state index < -0.39 is 5.91 Å². The second-order valence-electron chi connectivity index (χ2n) is 10.3. The van der Waals surface area contributed by atoms with Crippen LogP contribution in [0.1, 0.15) is 64.3 Å². The van der Waals surface area contributed by atoms with Gasteiger partial charge in [0.05, 0.1) is 5.56 Å². The highest BCUT2D eigenvalue weighted by molar-refractivity contribution is 6.07. The van der Waals surface area contributed by atoms with Crippen LogP contribution < -0.4 is 11.1 Å². The number of nitrogens with one attached hydrogen (secondary N) is 1. The van der Waals surface area contributed by atoms with Crippen LogP contribution in [0.3, 0.4) is 0 Å². The lowest BCUT2D eigenvalue weighted by molar-refractivity contribution is 0.0902. The molecule has 1 saturated carbocycles. The summed E-state index contributed by atoms with van der Waals surface area (Å²) in [4.78, 5) is 25.5. The molecule has 1 aromatic heterocycles. The van der Waals surface area contributed by atoms with Crippen LogP contribution in [0.4, 0.5) is 4.39 Å². The molecule has 0 atom stereocenters. The Balaban J connectivity index is 1.51. The van der Waals surface area contributed by atoms with Crippen molar-refractivity contribution in [3.8, 4) is 11.1 Å². The molecule has 5 nitrogen and oxygen atoms in total. The second-order valence-corrected chi connectivity index (χ2v) is 10.3. The number of nitrogens with two attached hydrogens (primary N) is 1. The van der Waals surface area contributed by atoms with E-state index in [0.29, 0.717) is 40.2 Å². The first-order valence-electron chi connectivity index (χ1n) is 12.2. The maximum atomic E-state index is 13.3. The van der Waals surface area contributed by atoms with Gasteiger partial charge in [0.2, 0.25) is 0 Å². The number of hydrogen-bond acceptors (Lipinski definition) is 3. The highest BCUT2D eigenvalue weighted by Gasteiger charge is 2.38. The molecule has 1 heterocycles. The fraction of sp³-hybridized carbons (Fsp3) is 0.267. The molecule has 1 fully saturated rings. The molecular weight excluding hydrogens is 455 g/mol. The topological polar surface area (TPSA) is 85.3 Å². The number of primary amides is 1. The van der Waals surface area contributed by atoms with Gasteiger partial charge >= 0.3 is 0 Å². The van der Waals surface area contributed by atoms with Crippen LogP contribution >= 0.6 is 0 Å². The van der Waals surface area contributed by atoms with Gasteiger partial charge in [-0.2, -0.15) is 0 Å². The molecule has 0 aliphatic heterocycles. The van der Waals surface area contributed by atoms with E-state index in [1.807, 2.05) is 43.3 Å². The largest absolute Gasteiger partial charge is 0.460 e. The van der Waals surface area contributed by atoms with E-state index in [4.69, 9.17) is 10.2 Å². The van der Waals surface area contributed by atoms with Crippen molar-refractivity contribution in [3.05, 3.63) is 94.5 Å². The zero-order valence-corrected chi connectivity index (χ0v) is 20.7. The van der Waals surface area contributed by atoms with Gasteiger partial charge in [0.1, 0.15) is 17.2 Å². The minimum atomic E-state index is -0.588. The van der Waals surface area contributed by atoms with Crippen molar-refractivity contribution in [3.63, 3.8) is 0 Å². The third-order valence-electron chi connectivity index (χ3n) is 7.13. The summed E-state index contributed by atoms with van der Waals surface area (Å²) in [7, 11) is 0. The van der Waals surface area contributed by atoms with Gasteiger partial charge < -0.3 is 15.5 Å². The molecular formula is C30H29FN2O3. The summed E-state index contributed by atoms with van der Waals surface area (Å²) in [6.45, 7) is 6.12. The first kappa shape index (κ1) is 23.8. The van der Waals surface area contributed by atoms with E-state index >= 15 is 0 Å². The molecule has 6 heteroatoms. The zero-order chi connectivity index (χ0) is 25.6. The van der Waals surface area contributed by atoms with Crippen molar-refractivity contribution in [2.75, 3.05) is 0 Å². The van der Waals surface area contributed by atoms with E-state index in [9.17, 15) is 14.0 Å². The molecule has 184 valence electrons. The average Bonchev–Trinajstić information content (AvgIpc) is 3.63. The predicted octanol–water partition coefficient (Wildman–Crippen LogP) is 6.16. The first-order chi connectivity index (χ1) is 17.1. The fourth-order valence-electron chi connectivity index (χ4n) is 4.84. The molecule has 3 N–H and O–H groups in total. The van der Waals surface area contributed by atoms with Crippen LogP contribution in [-0.2, 0) is 6.42 Å². The molecule has 3 aromatic carbocycles. The minimum absolute atomic E-state index is 0.100. The quantitative estimate of drug-likeness (QED) is 0.330. The summed E-state index contributed by atoms with van der Waals surface area (Å²) in [6, 6.07) is 17.3. The molecule has 0 spiro atoms. The van der Waals surface area contributed by atoms with Gasteiger partial charge in [0.15, 0.2) is 0 Å². The van der Waals surface area contributed by atoms with Gasteiger partial charge in [-0.15, -0.1) is 0 Å². The van der Waals surface area contributed by atoms with Gasteiger partial charge in [0, 0.05) is 22.9 Å². The lowest BCUT2D eigenvalue weighted by Gasteiger charge is -2.26. The van der Waals surface area contributed by atoms with Gasteiger partial charge in [0.25, 0.3) is 11.8 Å². The van der Waals surface area contributed by atoms with E-state index in [2.05, 4.69) is 19.2 Å². The third-order valence-corrected chi connectivity index (χ3v) is 7.13. The number of carbonyl (C=O) groups is 2. The minimum Gasteiger partial charge on any atom is -0.460 e. The number of fused-ring (bicyclic) bond motifs is 1. The maximum Gasteiger partial charge on any atom is 0.252 e. The molecule has 0 saturated heterocycles. The number of hydrogen-bond donors (Lipinski definition) is 2. The summed E-state index contributed by atoms with van der Waals surface area (Å²) in [6.07, 6.45) is 2.60. The lowest BCUT2D eigenvalue weighted by Crippen LogP contribution is -2.45. The Bertz CT molecular complexity index is 1480. The monoisotopic (exact) mass is 484 g/mol. The number of carbonyl (C=O) groups excluding carboxylic acids is 2. The Hall–Kier alpha value is -3.93. The molecule has 0 radical (unpaired) electrons. The predicted molar refractivity (Wildman–Crippen MR) is 138 cm³/mol. The third kappa shape index (κ3) is 4.63. The number of benzene rings is 3. The van der Waals surface area contributed by atoms with Crippen LogP contribution in [-0.4, -0.2) is 17.4 Å². The summed E-state index contributed by atoms with van der Waals surface area (Å²) in [5, 5.41) is 3.79. The Morgan fingerprint density at radius 3 is 2.44 bits per heavy atom. The highest BCUT2D eigenvalue weighted by atomic mass is 19.1. The second kappa shape index (κ2) is 8.94. The van der Waals surface area contributed by atoms with E-state index in [1.54, 1.807) is 12.1 Å². The molecule has 0 unspecified atom stereocenters. The van der Waals surface area contributed by atoms with Crippen LogP contribution in [0.5, 0.6) is 0 Å². The van der Waals surface area contributed by atoms with E-state index in [-0.39, 0.29) is 17.3 Å².